The van der Waals surface area contributed by atoms with Crippen LogP contribution in [0.5, 0.6) is 0 Å². The Morgan fingerprint density at radius 2 is 2.16 bits per heavy atom. The summed E-state index contributed by atoms with van der Waals surface area (Å²) in [5, 5.41) is 8.90. The molecular formula is C13H8N2O4. The second kappa shape index (κ2) is 4.09. The highest BCUT2D eigenvalue weighted by molar-refractivity contribution is 5.92. The standard InChI is InChI=1S/C13H8N2O4/c16-10-3-4-14-6-8(10)12-15-9-5-7(13(17)18)1-2-11(9)19-12/h1-6H,(H,14,16)(H,17,18). The molecule has 2 heterocycles. The second-order valence-corrected chi connectivity index (χ2v) is 3.93. The molecule has 0 saturated carbocycles. The summed E-state index contributed by atoms with van der Waals surface area (Å²) in [6, 6.07) is 5.72. The highest BCUT2D eigenvalue weighted by atomic mass is 16.4. The Labute approximate surface area is 106 Å². The fraction of sp³-hybridized carbons (Fsp3) is 0. The van der Waals surface area contributed by atoms with Crippen LogP contribution in [0.4, 0.5) is 0 Å². The normalized spacial score (nSPS) is 10.7. The Bertz CT molecular complexity index is 832. The molecule has 2 N–H and O–H groups in total. The Morgan fingerprint density at radius 3 is 2.89 bits per heavy atom. The molecule has 6 heteroatoms. The summed E-state index contributed by atoms with van der Waals surface area (Å²) in [6.07, 6.45) is 3.00. The lowest BCUT2D eigenvalue weighted by atomic mass is 10.2. The van der Waals surface area contributed by atoms with Gasteiger partial charge in [0.05, 0.1) is 5.56 Å². The fourth-order valence-corrected chi connectivity index (χ4v) is 1.76. The van der Waals surface area contributed by atoms with Crippen LogP contribution in [0.1, 0.15) is 10.4 Å². The third-order valence-corrected chi connectivity index (χ3v) is 2.69. The molecule has 0 aliphatic rings. The van der Waals surface area contributed by atoms with Gasteiger partial charge in [0.25, 0.3) is 0 Å². The van der Waals surface area contributed by atoms with Crippen LogP contribution >= 0.6 is 0 Å². The minimum atomic E-state index is -1.04. The van der Waals surface area contributed by atoms with Gasteiger partial charge in [0.15, 0.2) is 11.0 Å². The monoisotopic (exact) mass is 256 g/mol. The van der Waals surface area contributed by atoms with Gasteiger partial charge in [-0.05, 0) is 18.2 Å². The summed E-state index contributed by atoms with van der Waals surface area (Å²) in [6.45, 7) is 0. The molecule has 3 rings (SSSR count). The molecule has 0 amide bonds. The predicted octanol–water partition coefficient (Wildman–Crippen LogP) is 1.88. The first-order valence-corrected chi connectivity index (χ1v) is 5.46. The van der Waals surface area contributed by atoms with Gasteiger partial charge in [0, 0.05) is 18.5 Å². The van der Waals surface area contributed by atoms with E-state index in [1.165, 1.54) is 36.7 Å². The maximum Gasteiger partial charge on any atom is 0.335 e. The van der Waals surface area contributed by atoms with Crippen LogP contribution in [-0.2, 0) is 0 Å². The van der Waals surface area contributed by atoms with Crippen molar-refractivity contribution in [1.29, 1.82) is 0 Å². The van der Waals surface area contributed by atoms with Gasteiger partial charge in [-0.3, -0.25) is 4.79 Å². The molecule has 0 atom stereocenters. The third-order valence-electron chi connectivity index (χ3n) is 2.69. The van der Waals surface area contributed by atoms with E-state index in [2.05, 4.69) is 9.97 Å². The van der Waals surface area contributed by atoms with Crippen LogP contribution in [0.25, 0.3) is 22.6 Å². The lowest BCUT2D eigenvalue weighted by molar-refractivity contribution is 0.0697. The number of pyridine rings is 1. The van der Waals surface area contributed by atoms with E-state index in [1.54, 1.807) is 0 Å². The lowest BCUT2D eigenvalue weighted by Gasteiger charge is -1.91. The number of aromatic carboxylic acids is 1. The quantitative estimate of drug-likeness (QED) is 0.729. The molecule has 0 aliphatic carbocycles. The zero-order chi connectivity index (χ0) is 13.4. The molecule has 0 spiro atoms. The number of nitrogens with zero attached hydrogens (tertiary/aromatic N) is 1. The first-order chi connectivity index (χ1) is 9.15. The average molecular weight is 256 g/mol. The summed E-state index contributed by atoms with van der Waals surface area (Å²) in [5.74, 6) is -0.872. The smallest absolute Gasteiger partial charge is 0.335 e. The largest absolute Gasteiger partial charge is 0.478 e. The number of H-pyrrole nitrogens is 1. The van der Waals surface area contributed by atoms with E-state index in [1.807, 2.05) is 0 Å². The van der Waals surface area contributed by atoms with E-state index < -0.39 is 5.97 Å². The molecule has 0 fully saturated rings. The van der Waals surface area contributed by atoms with Gasteiger partial charge in [-0.25, -0.2) is 9.78 Å². The molecule has 0 aliphatic heterocycles. The molecule has 0 saturated heterocycles. The summed E-state index contributed by atoms with van der Waals surface area (Å²) >= 11 is 0. The van der Waals surface area contributed by atoms with Gasteiger partial charge in [0.2, 0.25) is 5.89 Å². The first-order valence-electron chi connectivity index (χ1n) is 5.46. The van der Waals surface area contributed by atoms with Gasteiger partial charge in [-0.15, -0.1) is 0 Å². The number of rotatable bonds is 2. The molecular weight excluding hydrogens is 248 g/mol. The zero-order valence-corrected chi connectivity index (χ0v) is 9.58. The van der Waals surface area contributed by atoms with Crippen molar-refractivity contribution in [3.8, 4) is 11.5 Å². The number of fused-ring (bicyclic) bond motifs is 1. The highest BCUT2D eigenvalue weighted by Crippen LogP contribution is 2.22. The maximum absolute atomic E-state index is 11.7. The van der Waals surface area contributed by atoms with Crippen molar-refractivity contribution in [2.75, 3.05) is 0 Å². The molecule has 1 aromatic carbocycles. The third kappa shape index (κ3) is 1.89. The maximum atomic E-state index is 11.7. The van der Waals surface area contributed by atoms with Crippen molar-refractivity contribution in [2.45, 2.75) is 0 Å². The van der Waals surface area contributed by atoms with Gasteiger partial charge in [-0.1, -0.05) is 0 Å². The summed E-state index contributed by atoms with van der Waals surface area (Å²) < 4.78 is 5.45. The van der Waals surface area contributed by atoms with Gasteiger partial charge >= 0.3 is 5.97 Å². The molecule has 94 valence electrons. The number of oxazole rings is 1. The van der Waals surface area contributed by atoms with E-state index in [-0.39, 0.29) is 16.9 Å². The SMILES string of the molecule is O=C(O)c1ccc2oc(-c3c[nH]ccc3=O)nc2c1. The van der Waals surface area contributed by atoms with E-state index in [0.717, 1.165) is 0 Å². The summed E-state index contributed by atoms with van der Waals surface area (Å²) in [4.78, 5) is 29.4. The Balaban J connectivity index is 2.20. The number of aromatic amines is 1. The molecule has 6 nitrogen and oxygen atoms in total. The van der Waals surface area contributed by atoms with Gasteiger partial charge in [-0.2, -0.15) is 0 Å². The number of hydrogen-bond donors (Lipinski definition) is 2. The number of carboxylic acid groups (broad SMARTS) is 1. The van der Waals surface area contributed by atoms with Crippen molar-refractivity contribution in [3.63, 3.8) is 0 Å². The van der Waals surface area contributed by atoms with Gasteiger partial charge < -0.3 is 14.5 Å². The molecule has 0 radical (unpaired) electrons. The first kappa shape index (κ1) is 11.2. The Hall–Kier alpha value is -2.89. The van der Waals surface area contributed by atoms with E-state index in [9.17, 15) is 9.59 Å². The summed E-state index contributed by atoms with van der Waals surface area (Å²) in [7, 11) is 0. The number of hydrogen-bond acceptors (Lipinski definition) is 4. The zero-order valence-electron chi connectivity index (χ0n) is 9.58. The Kier molecular flexibility index (Phi) is 2.42. The van der Waals surface area contributed by atoms with E-state index in [0.29, 0.717) is 16.7 Å². The molecule has 3 aromatic rings. The van der Waals surface area contributed by atoms with E-state index >= 15 is 0 Å². The molecule has 0 bridgehead atoms. The Morgan fingerprint density at radius 1 is 1.32 bits per heavy atom. The van der Waals surface area contributed by atoms with Crippen molar-refractivity contribution >= 4 is 17.1 Å². The van der Waals surface area contributed by atoms with Crippen molar-refractivity contribution in [3.05, 3.63) is 52.4 Å². The highest BCUT2D eigenvalue weighted by Gasteiger charge is 2.12. The number of carboxylic acids is 1. The van der Waals surface area contributed by atoms with Crippen molar-refractivity contribution in [1.82, 2.24) is 9.97 Å². The van der Waals surface area contributed by atoms with Crippen molar-refractivity contribution in [2.24, 2.45) is 0 Å². The minimum absolute atomic E-state index is 0.120. The number of nitrogens with one attached hydrogen (secondary N) is 1. The average Bonchev–Trinajstić information content (AvgIpc) is 2.81. The number of benzene rings is 1. The van der Waals surface area contributed by atoms with Crippen LogP contribution in [-0.4, -0.2) is 21.0 Å². The fourth-order valence-electron chi connectivity index (χ4n) is 1.76. The van der Waals surface area contributed by atoms with Crippen LogP contribution in [0.2, 0.25) is 0 Å². The van der Waals surface area contributed by atoms with Gasteiger partial charge in [0.1, 0.15) is 11.1 Å². The minimum Gasteiger partial charge on any atom is -0.478 e. The van der Waals surface area contributed by atoms with Crippen LogP contribution in [0.3, 0.4) is 0 Å². The van der Waals surface area contributed by atoms with Crippen LogP contribution in [0.15, 0.2) is 45.9 Å². The van der Waals surface area contributed by atoms with Crippen LogP contribution in [0, 0.1) is 0 Å². The predicted molar refractivity (Wildman–Crippen MR) is 67.0 cm³/mol. The molecule has 0 unspecified atom stereocenters. The lowest BCUT2D eigenvalue weighted by Crippen LogP contribution is -2.02. The van der Waals surface area contributed by atoms with E-state index in [4.69, 9.17) is 9.52 Å². The molecule has 19 heavy (non-hydrogen) atoms. The number of aromatic nitrogens is 2. The number of carbonyl (C=O) groups is 1. The van der Waals surface area contributed by atoms with Crippen LogP contribution < -0.4 is 5.43 Å². The molecule has 2 aromatic heterocycles. The van der Waals surface area contributed by atoms with Crippen molar-refractivity contribution < 1.29 is 14.3 Å². The second-order valence-electron chi connectivity index (χ2n) is 3.93. The summed E-state index contributed by atoms with van der Waals surface area (Å²) in [5.41, 5.74) is 1.04. The topological polar surface area (TPSA) is 96.2 Å².